The van der Waals surface area contributed by atoms with Crippen molar-refractivity contribution in [2.75, 3.05) is 0 Å². The fraction of sp³-hybridized carbons (Fsp3) is 0.250. The van der Waals surface area contributed by atoms with Crippen LogP contribution in [0.5, 0.6) is 0 Å². The molecule has 11 heavy (non-hydrogen) atoms. The van der Waals surface area contributed by atoms with Gasteiger partial charge in [0.2, 0.25) is 0 Å². The summed E-state index contributed by atoms with van der Waals surface area (Å²) in [4.78, 5) is 4.17. The molecule has 0 bridgehead atoms. The van der Waals surface area contributed by atoms with Gasteiger partial charge in [-0.2, -0.15) is 5.10 Å². The molecule has 2 aliphatic rings. The van der Waals surface area contributed by atoms with Crippen molar-refractivity contribution in [3.8, 4) is 12.3 Å². The van der Waals surface area contributed by atoms with Crippen molar-refractivity contribution < 1.29 is 0 Å². The van der Waals surface area contributed by atoms with Crippen LogP contribution in [0, 0.1) is 18.3 Å². The summed E-state index contributed by atoms with van der Waals surface area (Å²) in [7, 11) is 0. The molecule has 2 heterocycles. The molecule has 0 spiro atoms. The van der Waals surface area contributed by atoms with Crippen molar-refractivity contribution >= 4 is 12.4 Å². The first kappa shape index (κ1) is 6.17. The third kappa shape index (κ3) is 0.926. The number of fused-ring (bicyclic) bond motifs is 1. The zero-order valence-electron chi connectivity index (χ0n) is 5.86. The number of hydrazone groups is 1. The molecule has 54 valence electrons. The lowest BCUT2D eigenvalue weighted by Gasteiger charge is -2.13. The summed E-state index contributed by atoms with van der Waals surface area (Å²) in [5.41, 5.74) is 3.70. The van der Waals surface area contributed by atoms with Crippen molar-refractivity contribution in [3.63, 3.8) is 0 Å². The second-order valence-corrected chi connectivity index (χ2v) is 2.47. The lowest BCUT2D eigenvalue weighted by Crippen LogP contribution is -2.26. The van der Waals surface area contributed by atoms with Gasteiger partial charge < -0.3 is 0 Å². The number of terminal acetylenes is 1. The monoisotopic (exact) mass is 145 g/mol. The SMILES string of the molecule is C#CC1=CC2C=NNC2N=C1. The number of aliphatic imine (C=N–C) groups is 1. The predicted octanol–water partition coefficient (Wildman–Crippen LogP) is 0.162. The van der Waals surface area contributed by atoms with E-state index in [2.05, 4.69) is 21.4 Å². The van der Waals surface area contributed by atoms with Crippen LogP contribution in [0.15, 0.2) is 21.7 Å². The van der Waals surface area contributed by atoms with Crippen LogP contribution in [0.4, 0.5) is 0 Å². The minimum atomic E-state index is 0.0760. The Morgan fingerprint density at radius 1 is 1.64 bits per heavy atom. The van der Waals surface area contributed by atoms with Crippen molar-refractivity contribution in [3.05, 3.63) is 11.6 Å². The molecule has 2 atom stereocenters. The van der Waals surface area contributed by atoms with Gasteiger partial charge in [-0.05, 0) is 0 Å². The van der Waals surface area contributed by atoms with Crippen molar-refractivity contribution in [1.29, 1.82) is 0 Å². The first-order valence-corrected chi connectivity index (χ1v) is 3.40. The van der Waals surface area contributed by atoms with Crippen LogP contribution in [0.2, 0.25) is 0 Å². The molecule has 1 N–H and O–H groups in total. The summed E-state index contributed by atoms with van der Waals surface area (Å²) in [6, 6.07) is 0. The minimum Gasteiger partial charge on any atom is -0.285 e. The third-order valence-corrected chi connectivity index (χ3v) is 1.73. The quantitative estimate of drug-likeness (QED) is 0.484. The molecule has 2 unspecified atom stereocenters. The summed E-state index contributed by atoms with van der Waals surface area (Å²) in [5, 5.41) is 3.89. The van der Waals surface area contributed by atoms with Gasteiger partial charge in [-0.1, -0.05) is 12.0 Å². The fourth-order valence-electron chi connectivity index (χ4n) is 1.14. The highest BCUT2D eigenvalue weighted by Gasteiger charge is 2.23. The van der Waals surface area contributed by atoms with Crippen LogP contribution in [0.1, 0.15) is 0 Å². The molecule has 0 aromatic heterocycles. The predicted molar refractivity (Wildman–Crippen MR) is 44.3 cm³/mol. The maximum atomic E-state index is 5.21. The van der Waals surface area contributed by atoms with Crippen LogP contribution in [-0.2, 0) is 0 Å². The maximum Gasteiger partial charge on any atom is 0.145 e. The van der Waals surface area contributed by atoms with Gasteiger partial charge in [0.15, 0.2) is 0 Å². The van der Waals surface area contributed by atoms with Crippen molar-refractivity contribution in [2.24, 2.45) is 16.0 Å². The van der Waals surface area contributed by atoms with Gasteiger partial charge in [0.05, 0.1) is 5.92 Å². The van der Waals surface area contributed by atoms with Crippen LogP contribution >= 0.6 is 0 Å². The largest absolute Gasteiger partial charge is 0.285 e. The van der Waals surface area contributed by atoms with E-state index >= 15 is 0 Å². The number of dihydropyridines is 1. The number of hydrogen-bond donors (Lipinski definition) is 1. The van der Waals surface area contributed by atoms with Gasteiger partial charge in [0, 0.05) is 18.0 Å². The number of hydrogen-bond acceptors (Lipinski definition) is 3. The molecule has 3 nitrogen and oxygen atoms in total. The summed E-state index contributed by atoms with van der Waals surface area (Å²) in [6.07, 6.45) is 10.8. The summed E-state index contributed by atoms with van der Waals surface area (Å²) in [5.74, 6) is 2.78. The highest BCUT2D eigenvalue weighted by atomic mass is 15.4. The molecule has 0 saturated carbocycles. The van der Waals surface area contributed by atoms with Gasteiger partial charge in [0.1, 0.15) is 6.17 Å². The lowest BCUT2D eigenvalue weighted by atomic mass is 10.0. The molecule has 0 aliphatic carbocycles. The molecule has 0 amide bonds. The molecular weight excluding hydrogens is 138 g/mol. The van der Waals surface area contributed by atoms with Crippen molar-refractivity contribution in [1.82, 2.24) is 5.43 Å². The van der Waals surface area contributed by atoms with E-state index in [1.165, 1.54) is 0 Å². The zero-order valence-corrected chi connectivity index (χ0v) is 5.86. The Hall–Kier alpha value is -1.56. The molecule has 2 aliphatic heterocycles. The van der Waals surface area contributed by atoms with Crippen LogP contribution in [0.25, 0.3) is 0 Å². The van der Waals surface area contributed by atoms with Crippen molar-refractivity contribution in [2.45, 2.75) is 6.17 Å². The Morgan fingerprint density at radius 2 is 2.55 bits per heavy atom. The standard InChI is InChI=1S/C8H7N3/c1-2-6-3-7-5-10-11-8(7)9-4-6/h1,3-5,7-8,11H. The van der Waals surface area contributed by atoms with E-state index in [-0.39, 0.29) is 12.1 Å². The molecule has 0 aromatic rings. The van der Waals surface area contributed by atoms with Crippen LogP contribution in [0.3, 0.4) is 0 Å². The average Bonchev–Trinajstić information content (AvgIpc) is 2.50. The minimum absolute atomic E-state index is 0.0760. The Morgan fingerprint density at radius 3 is 3.36 bits per heavy atom. The number of nitrogens with zero attached hydrogens (tertiary/aromatic N) is 2. The number of nitrogens with one attached hydrogen (secondary N) is 1. The number of allylic oxidation sites excluding steroid dienone is 1. The first-order chi connectivity index (χ1) is 5.40. The average molecular weight is 145 g/mol. The topological polar surface area (TPSA) is 36.8 Å². The van der Waals surface area contributed by atoms with Gasteiger partial charge in [0.25, 0.3) is 0 Å². The normalized spacial score (nSPS) is 32.1. The van der Waals surface area contributed by atoms with E-state index in [1.807, 2.05) is 12.3 Å². The Labute approximate surface area is 64.9 Å². The van der Waals surface area contributed by atoms with Crippen LogP contribution < -0.4 is 5.43 Å². The zero-order chi connectivity index (χ0) is 7.68. The van der Waals surface area contributed by atoms with E-state index in [1.54, 1.807) is 6.21 Å². The molecule has 0 fully saturated rings. The molecule has 2 rings (SSSR count). The molecule has 3 heteroatoms. The molecule has 0 aromatic carbocycles. The summed E-state index contributed by atoms with van der Waals surface area (Å²) < 4.78 is 0. The third-order valence-electron chi connectivity index (χ3n) is 1.73. The fourth-order valence-corrected chi connectivity index (χ4v) is 1.14. The summed E-state index contributed by atoms with van der Waals surface area (Å²) in [6.45, 7) is 0. The van der Waals surface area contributed by atoms with Gasteiger partial charge in [-0.15, -0.1) is 6.42 Å². The van der Waals surface area contributed by atoms with E-state index < -0.39 is 0 Å². The lowest BCUT2D eigenvalue weighted by molar-refractivity contribution is 0.549. The Balaban J connectivity index is 2.28. The highest BCUT2D eigenvalue weighted by Crippen LogP contribution is 2.15. The number of rotatable bonds is 0. The Bertz CT molecular complexity index is 293. The van der Waals surface area contributed by atoms with E-state index in [0.29, 0.717) is 0 Å². The van der Waals surface area contributed by atoms with Gasteiger partial charge >= 0.3 is 0 Å². The van der Waals surface area contributed by atoms with Gasteiger partial charge in [-0.3, -0.25) is 10.4 Å². The van der Waals surface area contributed by atoms with Gasteiger partial charge in [-0.25, -0.2) is 0 Å². The van der Waals surface area contributed by atoms with E-state index in [4.69, 9.17) is 6.42 Å². The first-order valence-electron chi connectivity index (χ1n) is 3.40. The highest BCUT2D eigenvalue weighted by molar-refractivity contribution is 5.87. The van der Waals surface area contributed by atoms with E-state index in [0.717, 1.165) is 5.57 Å². The maximum absolute atomic E-state index is 5.21. The summed E-state index contributed by atoms with van der Waals surface area (Å²) >= 11 is 0. The molecule has 0 radical (unpaired) electrons. The van der Waals surface area contributed by atoms with E-state index in [9.17, 15) is 0 Å². The molecular formula is C8H7N3. The second kappa shape index (κ2) is 2.24. The smallest absolute Gasteiger partial charge is 0.145 e. The van der Waals surface area contributed by atoms with Crippen LogP contribution in [-0.4, -0.2) is 18.6 Å². The Kier molecular flexibility index (Phi) is 1.26. The second-order valence-electron chi connectivity index (χ2n) is 2.47. The molecule has 0 saturated heterocycles.